The van der Waals surface area contributed by atoms with Crippen LogP contribution in [0.2, 0.25) is 0 Å². The van der Waals surface area contributed by atoms with E-state index in [0.29, 0.717) is 41.7 Å². The number of carbonyl (C=O) groups is 1. The van der Waals surface area contributed by atoms with E-state index in [-0.39, 0.29) is 12.5 Å². The summed E-state index contributed by atoms with van der Waals surface area (Å²) in [6, 6.07) is 15.2. The number of fused-ring (bicyclic) bond motifs is 1. The van der Waals surface area contributed by atoms with Crippen molar-refractivity contribution < 1.29 is 14.3 Å². The maximum atomic E-state index is 12.5. The van der Waals surface area contributed by atoms with Gasteiger partial charge in [-0.3, -0.25) is 4.79 Å². The number of hydrogen-bond donors (Lipinski definition) is 2. The van der Waals surface area contributed by atoms with Gasteiger partial charge in [0.25, 0.3) is 5.91 Å². The summed E-state index contributed by atoms with van der Waals surface area (Å²) in [5, 5.41) is 11.8. The van der Waals surface area contributed by atoms with Crippen LogP contribution in [0.3, 0.4) is 0 Å². The van der Waals surface area contributed by atoms with Gasteiger partial charge in [0.15, 0.2) is 11.5 Å². The van der Waals surface area contributed by atoms with E-state index in [4.69, 9.17) is 19.6 Å². The highest BCUT2D eigenvalue weighted by molar-refractivity contribution is 5.94. The van der Waals surface area contributed by atoms with Crippen LogP contribution in [0.5, 0.6) is 5.75 Å². The molecule has 0 saturated heterocycles. The van der Waals surface area contributed by atoms with Crippen molar-refractivity contribution in [1.82, 2.24) is 25.1 Å². The molecule has 1 amide bonds. The first-order chi connectivity index (χ1) is 16.5. The molecule has 0 atom stereocenters. The molecule has 0 aliphatic rings. The summed E-state index contributed by atoms with van der Waals surface area (Å²) in [6.45, 7) is 5.14. The van der Waals surface area contributed by atoms with Crippen molar-refractivity contribution in [3.63, 3.8) is 0 Å². The van der Waals surface area contributed by atoms with E-state index in [1.807, 2.05) is 42.8 Å². The molecule has 0 unspecified atom stereocenters. The summed E-state index contributed by atoms with van der Waals surface area (Å²) in [5.74, 6) is 1.67. The van der Waals surface area contributed by atoms with Gasteiger partial charge in [0.2, 0.25) is 0 Å². The maximum absolute atomic E-state index is 12.5. The van der Waals surface area contributed by atoms with Gasteiger partial charge in [-0.15, -0.1) is 0 Å². The van der Waals surface area contributed by atoms with E-state index in [2.05, 4.69) is 15.6 Å². The molecule has 2 N–H and O–H groups in total. The Kier molecular flexibility index (Phi) is 7.03. The number of hydrogen-bond acceptors (Lipinski definition) is 7. The molecular weight excluding hydrogens is 432 g/mol. The van der Waals surface area contributed by atoms with Crippen LogP contribution in [-0.4, -0.2) is 53.0 Å². The van der Waals surface area contributed by atoms with Crippen molar-refractivity contribution >= 4 is 22.8 Å². The molecule has 4 rings (SSSR count). The molecule has 0 bridgehead atoms. The minimum atomic E-state index is -0.169. The van der Waals surface area contributed by atoms with Gasteiger partial charge in [0.05, 0.1) is 23.9 Å². The van der Waals surface area contributed by atoms with Crippen molar-refractivity contribution in [1.29, 1.82) is 0 Å². The Morgan fingerprint density at radius 3 is 2.56 bits per heavy atom. The van der Waals surface area contributed by atoms with Gasteiger partial charge in [-0.1, -0.05) is 23.8 Å². The van der Waals surface area contributed by atoms with Crippen molar-refractivity contribution in [3.05, 3.63) is 71.2 Å². The fourth-order valence-electron chi connectivity index (χ4n) is 3.64. The molecule has 0 spiro atoms. The van der Waals surface area contributed by atoms with Gasteiger partial charge in [-0.05, 0) is 44.2 Å². The summed E-state index contributed by atoms with van der Waals surface area (Å²) in [4.78, 5) is 21.8. The number of rotatable bonds is 9. The fraction of sp³-hybridized carbons (Fsp3) is 0.280. The number of nitrogens with one attached hydrogen (secondary N) is 2. The van der Waals surface area contributed by atoms with E-state index < -0.39 is 0 Å². The van der Waals surface area contributed by atoms with Crippen LogP contribution in [0.25, 0.3) is 16.7 Å². The molecule has 9 heteroatoms. The normalized spacial score (nSPS) is 10.9. The molecule has 9 nitrogen and oxygen atoms in total. The molecule has 0 saturated carbocycles. The molecule has 34 heavy (non-hydrogen) atoms. The van der Waals surface area contributed by atoms with Gasteiger partial charge in [0, 0.05) is 25.8 Å². The number of carbonyl (C=O) groups excluding carboxylic acids is 1. The van der Waals surface area contributed by atoms with Gasteiger partial charge < -0.3 is 20.1 Å². The zero-order valence-electron chi connectivity index (χ0n) is 19.8. The predicted octanol–water partition coefficient (Wildman–Crippen LogP) is 3.43. The molecule has 2 heterocycles. The Morgan fingerprint density at radius 2 is 1.82 bits per heavy atom. The lowest BCUT2D eigenvalue weighted by Gasteiger charge is -2.11. The van der Waals surface area contributed by atoms with Crippen LogP contribution in [-0.2, 0) is 11.3 Å². The Morgan fingerprint density at radius 1 is 1.03 bits per heavy atom. The molecular formula is C25H28N6O3. The topological polar surface area (TPSA) is 103 Å². The molecule has 4 aromatic rings. The second-order valence-corrected chi connectivity index (χ2v) is 7.87. The zero-order valence-corrected chi connectivity index (χ0v) is 19.8. The van der Waals surface area contributed by atoms with Gasteiger partial charge in [-0.25, -0.2) is 14.6 Å². The second-order valence-electron chi connectivity index (χ2n) is 7.87. The third-order valence-electron chi connectivity index (χ3n) is 5.34. The van der Waals surface area contributed by atoms with Crippen LogP contribution in [0.4, 0.5) is 5.82 Å². The third-order valence-corrected chi connectivity index (χ3v) is 5.34. The van der Waals surface area contributed by atoms with Crippen LogP contribution >= 0.6 is 0 Å². The first kappa shape index (κ1) is 23.2. The number of benzene rings is 2. The number of amides is 1. The first-order valence-corrected chi connectivity index (χ1v) is 11.0. The molecule has 0 aliphatic heterocycles. The fourth-order valence-corrected chi connectivity index (χ4v) is 3.64. The van der Waals surface area contributed by atoms with Crippen LogP contribution in [0, 0.1) is 13.8 Å². The zero-order chi connectivity index (χ0) is 24.1. The van der Waals surface area contributed by atoms with Crippen molar-refractivity contribution in [2.75, 3.05) is 32.6 Å². The lowest BCUT2D eigenvalue weighted by Crippen LogP contribution is -2.29. The SMILES string of the molecule is COCc1nc(NCCNC(=O)c2cccc(OC)c2)c2c(C)nn(-c3ccc(C)cc3)c2n1. The predicted molar refractivity (Wildman–Crippen MR) is 131 cm³/mol. The van der Waals surface area contributed by atoms with Gasteiger partial charge >= 0.3 is 0 Å². The van der Waals surface area contributed by atoms with Crippen molar-refractivity contribution in [2.24, 2.45) is 0 Å². The van der Waals surface area contributed by atoms with Crippen LogP contribution in [0.1, 0.15) is 27.4 Å². The summed E-state index contributed by atoms with van der Waals surface area (Å²) in [5.41, 5.74) is 4.14. The van der Waals surface area contributed by atoms with E-state index >= 15 is 0 Å². The van der Waals surface area contributed by atoms with Gasteiger partial charge in [0.1, 0.15) is 18.2 Å². The minimum Gasteiger partial charge on any atom is -0.497 e. The average molecular weight is 461 g/mol. The van der Waals surface area contributed by atoms with Crippen molar-refractivity contribution in [3.8, 4) is 11.4 Å². The van der Waals surface area contributed by atoms with E-state index in [1.165, 1.54) is 5.56 Å². The highest BCUT2D eigenvalue weighted by Crippen LogP contribution is 2.26. The second kappa shape index (κ2) is 10.3. The maximum Gasteiger partial charge on any atom is 0.251 e. The number of ether oxygens (including phenoxy) is 2. The lowest BCUT2D eigenvalue weighted by atomic mass is 10.2. The molecule has 2 aromatic heterocycles. The van der Waals surface area contributed by atoms with E-state index in [0.717, 1.165) is 16.8 Å². The number of methoxy groups -OCH3 is 2. The standard InChI is InChI=1S/C25H28N6O3/c1-16-8-10-19(11-9-16)31-24-22(17(2)30-31)23(28-21(29-24)15-33-3)26-12-13-27-25(32)18-6-5-7-20(14-18)34-4/h5-11,14H,12-13,15H2,1-4H3,(H,27,32)(H,26,28,29). The van der Waals surface area contributed by atoms with Crippen LogP contribution < -0.4 is 15.4 Å². The van der Waals surface area contributed by atoms with E-state index in [9.17, 15) is 4.79 Å². The average Bonchev–Trinajstić information content (AvgIpc) is 3.18. The molecule has 0 aliphatic carbocycles. The highest BCUT2D eigenvalue weighted by atomic mass is 16.5. The summed E-state index contributed by atoms with van der Waals surface area (Å²) < 4.78 is 12.3. The Hall–Kier alpha value is -3.98. The largest absolute Gasteiger partial charge is 0.497 e. The highest BCUT2D eigenvalue weighted by Gasteiger charge is 2.17. The summed E-state index contributed by atoms with van der Waals surface area (Å²) in [6.07, 6.45) is 0. The minimum absolute atomic E-state index is 0.169. The van der Waals surface area contributed by atoms with Crippen LogP contribution in [0.15, 0.2) is 48.5 Å². The lowest BCUT2D eigenvalue weighted by molar-refractivity contribution is 0.0955. The smallest absolute Gasteiger partial charge is 0.251 e. The monoisotopic (exact) mass is 460 g/mol. The molecule has 176 valence electrons. The molecule has 0 fully saturated rings. The quantitative estimate of drug-likeness (QED) is 0.369. The number of aromatic nitrogens is 4. The number of anilines is 1. The number of nitrogens with zero attached hydrogens (tertiary/aromatic N) is 4. The third kappa shape index (κ3) is 4.99. The molecule has 2 aromatic carbocycles. The van der Waals surface area contributed by atoms with E-state index in [1.54, 1.807) is 38.5 Å². The van der Waals surface area contributed by atoms with Gasteiger partial charge in [-0.2, -0.15) is 5.10 Å². The van der Waals surface area contributed by atoms with Crippen molar-refractivity contribution in [2.45, 2.75) is 20.5 Å². The Balaban J connectivity index is 1.54. The first-order valence-electron chi connectivity index (χ1n) is 11.0. The Bertz CT molecular complexity index is 1300. The summed E-state index contributed by atoms with van der Waals surface area (Å²) >= 11 is 0. The summed E-state index contributed by atoms with van der Waals surface area (Å²) in [7, 11) is 3.18. The Labute approximate surface area is 198 Å². The number of aryl methyl sites for hydroxylation is 2. The molecule has 0 radical (unpaired) electrons.